The molecule has 104 valence electrons. The number of aryl methyl sites for hydroxylation is 1. The maximum absolute atomic E-state index is 12.2. The quantitative estimate of drug-likeness (QED) is 0.725. The molecule has 1 unspecified atom stereocenters. The summed E-state index contributed by atoms with van der Waals surface area (Å²) in [5.74, 6) is -0.627. The first-order valence-electron chi connectivity index (χ1n) is 6.37. The monoisotopic (exact) mass is 263 g/mol. The van der Waals surface area contributed by atoms with Crippen LogP contribution in [0.4, 0.5) is 5.69 Å². The Bertz CT molecular complexity index is 472. The number of primary amides is 1. The molecule has 0 aliphatic heterocycles. The molecule has 19 heavy (non-hydrogen) atoms. The minimum atomic E-state index is -0.427. The molecule has 0 radical (unpaired) electrons. The largest absolute Gasteiger partial charge is 0.385 e. The van der Waals surface area contributed by atoms with Crippen molar-refractivity contribution in [3.05, 3.63) is 29.3 Å². The van der Waals surface area contributed by atoms with E-state index >= 15 is 0 Å². The minimum Gasteiger partial charge on any atom is -0.385 e. The van der Waals surface area contributed by atoms with Gasteiger partial charge in [0.05, 0.1) is 5.56 Å². The van der Waals surface area contributed by atoms with Crippen LogP contribution >= 0.6 is 0 Å². The van der Waals surface area contributed by atoms with E-state index in [4.69, 9.17) is 5.73 Å². The molecule has 5 nitrogen and oxygen atoms in total. The fourth-order valence-corrected chi connectivity index (χ4v) is 1.84. The van der Waals surface area contributed by atoms with E-state index in [1.807, 2.05) is 32.0 Å². The molecule has 0 aliphatic rings. The number of hydrogen-bond donors (Lipinski definition) is 3. The lowest BCUT2D eigenvalue weighted by atomic mass is 10.1. The highest BCUT2D eigenvalue weighted by Gasteiger charge is 2.15. The van der Waals surface area contributed by atoms with E-state index in [0.29, 0.717) is 5.56 Å². The third kappa shape index (κ3) is 4.62. The van der Waals surface area contributed by atoms with Crippen LogP contribution in [0.25, 0.3) is 0 Å². The highest BCUT2D eigenvalue weighted by atomic mass is 16.2. The topological polar surface area (TPSA) is 84.2 Å². The molecular formula is C14H21N3O2. The molecule has 1 aromatic rings. The Kier molecular flexibility index (Phi) is 5.36. The van der Waals surface area contributed by atoms with Gasteiger partial charge in [-0.1, -0.05) is 11.6 Å². The second kappa shape index (κ2) is 6.78. The molecule has 0 saturated heterocycles. The molecule has 0 bridgehead atoms. The molecule has 0 heterocycles. The number of amides is 2. The third-order valence-electron chi connectivity index (χ3n) is 2.67. The summed E-state index contributed by atoms with van der Waals surface area (Å²) in [4.78, 5) is 23.0. The molecule has 0 fully saturated rings. The standard InChI is InChI=1S/C14H21N3O2/c1-4-16-12-6-5-9(2)7-11(12)14(19)17-10(3)8-13(15)18/h5-7,10,16H,4,8H2,1-3H3,(H2,15,18)(H,17,19). The van der Waals surface area contributed by atoms with Crippen molar-refractivity contribution in [2.45, 2.75) is 33.2 Å². The van der Waals surface area contributed by atoms with Crippen molar-refractivity contribution in [3.63, 3.8) is 0 Å². The van der Waals surface area contributed by atoms with Gasteiger partial charge in [0, 0.05) is 24.7 Å². The van der Waals surface area contributed by atoms with Gasteiger partial charge >= 0.3 is 0 Å². The lowest BCUT2D eigenvalue weighted by molar-refractivity contribution is -0.118. The van der Waals surface area contributed by atoms with Gasteiger partial charge in [0.1, 0.15) is 0 Å². The smallest absolute Gasteiger partial charge is 0.253 e. The SMILES string of the molecule is CCNc1ccc(C)cc1C(=O)NC(C)CC(N)=O. The molecule has 0 saturated carbocycles. The summed E-state index contributed by atoms with van der Waals surface area (Å²) in [5.41, 5.74) is 7.49. The van der Waals surface area contributed by atoms with Crippen LogP contribution in [0.1, 0.15) is 36.2 Å². The van der Waals surface area contributed by atoms with E-state index in [0.717, 1.165) is 17.8 Å². The summed E-state index contributed by atoms with van der Waals surface area (Å²) in [5, 5.41) is 5.92. The normalized spacial score (nSPS) is 11.7. The van der Waals surface area contributed by atoms with Crippen LogP contribution in [-0.2, 0) is 4.79 Å². The Morgan fingerprint density at radius 2 is 2.05 bits per heavy atom. The average molecular weight is 263 g/mol. The van der Waals surface area contributed by atoms with E-state index in [1.165, 1.54) is 0 Å². The van der Waals surface area contributed by atoms with Crippen molar-refractivity contribution in [2.24, 2.45) is 5.73 Å². The first-order valence-corrected chi connectivity index (χ1v) is 6.37. The van der Waals surface area contributed by atoms with Crippen molar-refractivity contribution in [2.75, 3.05) is 11.9 Å². The van der Waals surface area contributed by atoms with E-state index in [-0.39, 0.29) is 18.4 Å². The van der Waals surface area contributed by atoms with Gasteiger partial charge in [0.25, 0.3) is 5.91 Å². The summed E-state index contributed by atoms with van der Waals surface area (Å²) >= 11 is 0. The van der Waals surface area contributed by atoms with Gasteiger partial charge in [-0.25, -0.2) is 0 Å². The predicted octanol–water partition coefficient (Wildman–Crippen LogP) is 1.42. The van der Waals surface area contributed by atoms with E-state index in [1.54, 1.807) is 6.92 Å². The zero-order valence-electron chi connectivity index (χ0n) is 11.6. The zero-order valence-corrected chi connectivity index (χ0v) is 11.6. The molecule has 0 spiro atoms. The maximum Gasteiger partial charge on any atom is 0.253 e. The maximum atomic E-state index is 12.2. The van der Waals surface area contributed by atoms with E-state index in [9.17, 15) is 9.59 Å². The number of nitrogens with two attached hydrogens (primary N) is 1. The molecule has 2 amide bonds. The van der Waals surface area contributed by atoms with Gasteiger partial charge in [-0.05, 0) is 32.9 Å². The van der Waals surface area contributed by atoms with Crippen LogP contribution in [0.15, 0.2) is 18.2 Å². The second-order valence-electron chi connectivity index (χ2n) is 4.62. The van der Waals surface area contributed by atoms with Gasteiger partial charge in [-0.2, -0.15) is 0 Å². The summed E-state index contributed by atoms with van der Waals surface area (Å²) in [6, 6.07) is 5.37. The lowest BCUT2D eigenvalue weighted by Gasteiger charge is -2.15. The summed E-state index contributed by atoms with van der Waals surface area (Å²) < 4.78 is 0. The van der Waals surface area contributed by atoms with Gasteiger partial charge in [0.2, 0.25) is 5.91 Å². The number of anilines is 1. The molecular weight excluding hydrogens is 242 g/mol. The number of carbonyl (C=O) groups excluding carboxylic acids is 2. The van der Waals surface area contributed by atoms with Gasteiger partial charge in [-0.15, -0.1) is 0 Å². The van der Waals surface area contributed by atoms with Crippen LogP contribution < -0.4 is 16.4 Å². The van der Waals surface area contributed by atoms with Crippen molar-refractivity contribution >= 4 is 17.5 Å². The summed E-state index contributed by atoms with van der Waals surface area (Å²) in [7, 11) is 0. The Balaban J connectivity index is 2.85. The number of nitrogens with one attached hydrogen (secondary N) is 2. The van der Waals surface area contributed by atoms with Gasteiger partial charge in [0.15, 0.2) is 0 Å². The number of carbonyl (C=O) groups is 2. The second-order valence-corrected chi connectivity index (χ2v) is 4.62. The van der Waals surface area contributed by atoms with Crippen molar-refractivity contribution in [3.8, 4) is 0 Å². The minimum absolute atomic E-state index is 0.133. The number of rotatable bonds is 6. The first kappa shape index (κ1) is 15.0. The Hall–Kier alpha value is -2.04. The fraction of sp³-hybridized carbons (Fsp3) is 0.429. The Labute approximate surface area is 113 Å². The molecule has 0 aromatic heterocycles. The van der Waals surface area contributed by atoms with Crippen LogP contribution in [-0.4, -0.2) is 24.4 Å². The van der Waals surface area contributed by atoms with E-state index in [2.05, 4.69) is 10.6 Å². The molecule has 5 heteroatoms. The lowest BCUT2D eigenvalue weighted by Crippen LogP contribution is -2.36. The molecule has 1 aromatic carbocycles. The van der Waals surface area contributed by atoms with Crippen molar-refractivity contribution < 1.29 is 9.59 Å². The van der Waals surface area contributed by atoms with Gasteiger partial charge in [-0.3, -0.25) is 9.59 Å². The molecule has 4 N–H and O–H groups in total. The fourth-order valence-electron chi connectivity index (χ4n) is 1.84. The Morgan fingerprint density at radius 3 is 2.63 bits per heavy atom. The summed E-state index contributed by atoms with van der Waals surface area (Å²) in [6.07, 6.45) is 0.133. The van der Waals surface area contributed by atoms with Crippen LogP contribution in [0.3, 0.4) is 0 Å². The third-order valence-corrected chi connectivity index (χ3v) is 2.67. The predicted molar refractivity (Wildman–Crippen MR) is 76.1 cm³/mol. The van der Waals surface area contributed by atoms with Crippen LogP contribution in [0.5, 0.6) is 0 Å². The molecule has 1 rings (SSSR count). The first-order chi connectivity index (χ1) is 8.93. The summed E-state index contributed by atoms with van der Waals surface area (Å²) in [6.45, 7) is 6.39. The van der Waals surface area contributed by atoms with Crippen LogP contribution in [0.2, 0.25) is 0 Å². The van der Waals surface area contributed by atoms with Crippen LogP contribution in [0, 0.1) is 6.92 Å². The highest BCUT2D eigenvalue weighted by molar-refractivity contribution is 6.00. The van der Waals surface area contributed by atoms with Crippen molar-refractivity contribution in [1.82, 2.24) is 5.32 Å². The van der Waals surface area contributed by atoms with Gasteiger partial charge < -0.3 is 16.4 Å². The van der Waals surface area contributed by atoms with E-state index < -0.39 is 5.91 Å². The molecule has 1 atom stereocenters. The number of benzene rings is 1. The van der Waals surface area contributed by atoms with Crippen molar-refractivity contribution in [1.29, 1.82) is 0 Å². The highest BCUT2D eigenvalue weighted by Crippen LogP contribution is 2.17. The number of hydrogen-bond acceptors (Lipinski definition) is 3. The average Bonchev–Trinajstić information content (AvgIpc) is 2.30. The Morgan fingerprint density at radius 1 is 1.37 bits per heavy atom. The molecule has 0 aliphatic carbocycles. The zero-order chi connectivity index (χ0) is 14.4.